The highest BCUT2D eigenvalue weighted by atomic mass is 32.2. The molecule has 2 rings (SSSR count). The molecule has 16 heavy (non-hydrogen) atoms. The lowest BCUT2D eigenvalue weighted by Gasteiger charge is -2.22. The van der Waals surface area contributed by atoms with Gasteiger partial charge in [0.15, 0.2) is 0 Å². The second-order valence-electron chi connectivity index (χ2n) is 3.86. The van der Waals surface area contributed by atoms with Crippen LogP contribution in [0.3, 0.4) is 0 Å². The molecule has 0 saturated carbocycles. The van der Waals surface area contributed by atoms with E-state index in [1.54, 1.807) is 0 Å². The Bertz CT molecular complexity index is 411. The highest BCUT2D eigenvalue weighted by Crippen LogP contribution is 2.17. The first-order valence-electron chi connectivity index (χ1n) is 5.14. The van der Waals surface area contributed by atoms with Crippen LogP contribution in [0.4, 0.5) is 5.00 Å². The summed E-state index contributed by atoms with van der Waals surface area (Å²) in [5.41, 5.74) is 0. The molecule has 1 aliphatic heterocycles. The van der Waals surface area contributed by atoms with E-state index < -0.39 is 10.0 Å². The monoisotopic (exact) mass is 262 g/mol. The fourth-order valence-electron chi connectivity index (χ4n) is 1.77. The molecule has 1 aromatic heterocycles. The molecule has 0 atom stereocenters. The summed E-state index contributed by atoms with van der Waals surface area (Å²) in [6, 6.07) is 0. The predicted molar refractivity (Wildman–Crippen MR) is 62.9 cm³/mol. The lowest BCUT2D eigenvalue weighted by molar-refractivity contribution is 0.402. The molecule has 2 heterocycles. The maximum atomic E-state index is 11.8. The van der Waals surface area contributed by atoms with E-state index in [0.29, 0.717) is 5.00 Å². The second kappa shape index (κ2) is 5.07. The number of hydrogen-bond donors (Lipinski definition) is 2. The van der Waals surface area contributed by atoms with Gasteiger partial charge in [-0.3, -0.25) is 4.72 Å². The Morgan fingerprint density at radius 2 is 2.25 bits per heavy atom. The lowest BCUT2D eigenvalue weighted by Crippen LogP contribution is -2.32. The third-order valence-electron chi connectivity index (χ3n) is 2.53. The van der Waals surface area contributed by atoms with Crippen LogP contribution in [0.5, 0.6) is 0 Å². The van der Waals surface area contributed by atoms with Gasteiger partial charge >= 0.3 is 0 Å². The van der Waals surface area contributed by atoms with Crippen molar-refractivity contribution in [1.29, 1.82) is 0 Å². The van der Waals surface area contributed by atoms with E-state index in [-0.39, 0.29) is 11.7 Å². The summed E-state index contributed by atoms with van der Waals surface area (Å²) >= 11 is 1.05. The van der Waals surface area contributed by atoms with Gasteiger partial charge in [-0.25, -0.2) is 8.42 Å². The van der Waals surface area contributed by atoms with Gasteiger partial charge in [-0.05, 0) is 31.8 Å². The molecule has 1 aromatic rings. The van der Waals surface area contributed by atoms with Gasteiger partial charge in [0.25, 0.3) is 0 Å². The fraction of sp³-hybridized carbons (Fsp3) is 0.750. The SMILES string of the molecule is O=S(=O)(CC1CCNCC1)Nc1cnns1. The van der Waals surface area contributed by atoms with Crippen LogP contribution < -0.4 is 10.0 Å². The number of nitrogens with one attached hydrogen (secondary N) is 2. The van der Waals surface area contributed by atoms with Crippen molar-refractivity contribution in [3.05, 3.63) is 6.20 Å². The van der Waals surface area contributed by atoms with Gasteiger partial charge < -0.3 is 5.32 Å². The highest BCUT2D eigenvalue weighted by Gasteiger charge is 2.21. The molecule has 0 aliphatic carbocycles. The molecule has 90 valence electrons. The molecule has 0 amide bonds. The molecule has 0 radical (unpaired) electrons. The summed E-state index contributed by atoms with van der Waals surface area (Å²) in [6.45, 7) is 1.81. The quantitative estimate of drug-likeness (QED) is 0.814. The first kappa shape index (κ1) is 11.7. The molecule has 0 aromatic carbocycles. The van der Waals surface area contributed by atoms with Gasteiger partial charge in [0.1, 0.15) is 5.00 Å². The zero-order chi connectivity index (χ0) is 11.4. The second-order valence-corrected chi connectivity index (χ2v) is 6.41. The van der Waals surface area contributed by atoms with Crippen LogP contribution in [0, 0.1) is 5.92 Å². The summed E-state index contributed by atoms with van der Waals surface area (Å²) in [5, 5.41) is 7.28. The first-order chi connectivity index (χ1) is 7.66. The molecular weight excluding hydrogens is 248 g/mol. The zero-order valence-corrected chi connectivity index (χ0v) is 10.4. The van der Waals surface area contributed by atoms with E-state index >= 15 is 0 Å². The van der Waals surface area contributed by atoms with Crippen molar-refractivity contribution < 1.29 is 8.42 Å². The highest BCUT2D eigenvalue weighted by molar-refractivity contribution is 7.92. The number of nitrogens with zero attached hydrogens (tertiary/aromatic N) is 2. The van der Waals surface area contributed by atoms with Gasteiger partial charge in [0.05, 0.1) is 11.9 Å². The Morgan fingerprint density at radius 1 is 1.50 bits per heavy atom. The topological polar surface area (TPSA) is 84.0 Å². The smallest absolute Gasteiger partial charge is 0.233 e. The minimum atomic E-state index is -3.25. The molecular formula is C8H14N4O2S2. The average molecular weight is 262 g/mol. The number of hydrogen-bond acceptors (Lipinski definition) is 6. The van der Waals surface area contributed by atoms with E-state index in [2.05, 4.69) is 19.6 Å². The number of rotatable bonds is 4. The van der Waals surface area contributed by atoms with Gasteiger partial charge in [0.2, 0.25) is 10.0 Å². The largest absolute Gasteiger partial charge is 0.317 e. The molecule has 0 bridgehead atoms. The normalized spacial score (nSPS) is 18.5. The summed E-state index contributed by atoms with van der Waals surface area (Å²) in [4.78, 5) is 0. The van der Waals surface area contributed by atoms with Crippen molar-refractivity contribution in [3.63, 3.8) is 0 Å². The Kier molecular flexibility index (Phi) is 3.72. The molecule has 6 nitrogen and oxygen atoms in total. The van der Waals surface area contributed by atoms with Crippen LogP contribution in [-0.4, -0.2) is 36.8 Å². The van der Waals surface area contributed by atoms with Crippen molar-refractivity contribution in [2.24, 2.45) is 5.92 Å². The number of piperidine rings is 1. The van der Waals surface area contributed by atoms with E-state index in [1.165, 1.54) is 6.20 Å². The average Bonchev–Trinajstić information content (AvgIpc) is 2.70. The molecule has 0 spiro atoms. The third-order valence-corrected chi connectivity index (χ3v) is 4.68. The van der Waals surface area contributed by atoms with E-state index in [9.17, 15) is 8.42 Å². The van der Waals surface area contributed by atoms with Gasteiger partial charge in [-0.1, -0.05) is 4.49 Å². The number of aromatic nitrogens is 2. The van der Waals surface area contributed by atoms with Crippen molar-refractivity contribution in [3.8, 4) is 0 Å². The molecule has 0 unspecified atom stereocenters. The van der Waals surface area contributed by atoms with Crippen molar-refractivity contribution in [1.82, 2.24) is 14.9 Å². The summed E-state index contributed by atoms with van der Waals surface area (Å²) in [6.07, 6.45) is 3.26. The fourth-order valence-corrected chi connectivity index (χ4v) is 3.97. The minimum absolute atomic E-state index is 0.187. The van der Waals surface area contributed by atoms with Crippen LogP contribution >= 0.6 is 11.5 Å². The van der Waals surface area contributed by atoms with Gasteiger partial charge in [0, 0.05) is 11.5 Å². The zero-order valence-electron chi connectivity index (χ0n) is 8.72. The predicted octanol–water partition coefficient (Wildman–Crippen LogP) is 0.279. The first-order valence-corrected chi connectivity index (χ1v) is 7.57. The van der Waals surface area contributed by atoms with E-state index in [1.807, 2.05) is 0 Å². The maximum absolute atomic E-state index is 11.8. The van der Waals surface area contributed by atoms with Crippen LogP contribution in [0.1, 0.15) is 12.8 Å². The van der Waals surface area contributed by atoms with Crippen molar-refractivity contribution in [2.75, 3.05) is 23.6 Å². The summed E-state index contributed by atoms with van der Waals surface area (Å²) in [5.74, 6) is 0.437. The third kappa shape index (κ3) is 3.39. The van der Waals surface area contributed by atoms with Crippen LogP contribution in [0.2, 0.25) is 0 Å². The summed E-state index contributed by atoms with van der Waals surface area (Å²) < 4.78 is 29.7. The molecule has 1 saturated heterocycles. The van der Waals surface area contributed by atoms with Crippen LogP contribution in [0.25, 0.3) is 0 Å². The van der Waals surface area contributed by atoms with E-state index in [0.717, 1.165) is 37.5 Å². The van der Waals surface area contributed by atoms with Crippen molar-refractivity contribution in [2.45, 2.75) is 12.8 Å². The Balaban J connectivity index is 1.92. The van der Waals surface area contributed by atoms with Gasteiger partial charge in [-0.15, -0.1) is 5.10 Å². The Hall–Kier alpha value is -0.730. The molecule has 2 N–H and O–H groups in total. The number of anilines is 1. The molecule has 1 fully saturated rings. The van der Waals surface area contributed by atoms with Crippen LogP contribution in [0.15, 0.2) is 6.20 Å². The molecule has 1 aliphatic rings. The lowest BCUT2D eigenvalue weighted by atomic mass is 10.0. The van der Waals surface area contributed by atoms with Crippen molar-refractivity contribution >= 4 is 26.6 Å². The Morgan fingerprint density at radius 3 is 2.88 bits per heavy atom. The maximum Gasteiger partial charge on any atom is 0.233 e. The van der Waals surface area contributed by atoms with Crippen LogP contribution in [-0.2, 0) is 10.0 Å². The number of sulfonamides is 1. The molecule has 8 heteroatoms. The van der Waals surface area contributed by atoms with Gasteiger partial charge in [-0.2, -0.15) is 0 Å². The van der Waals surface area contributed by atoms with E-state index in [4.69, 9.17) is 0 Å². The minimum Gasteiger partial charge on any atom is -0.317 e. The Labute approximate surface area is 98.7 Å². The standard InChI is InChI=1S/C8H14N4O2S2/c13-16(14,11-8-5-10-12-15-8)6-7-1-3-9-4-2-7/h5,7,9,11H,1-4,6H2. The summed E-state index contributed by atoms with van der Waals surface area (Å²) in [7, 11) is -3.25.